The molecule has 0 radical (unpaired) electrons. The summed E-state index contributed by atoms with van der Waals surface area (Å²) < 4.78 is 31.9. The van der Waals surface area contributed by atoms with E-state index < -0.39 is 12.1 Å². The molecule has 0 spiro atoms. The van der Waals surface area contributed by atoms with Gasteiger partial charge >= 0.3 is 6.03 Å². The second-order valence-electron chi connectivity index (χ2n) is 21.3. The predicted octanol–water partition coefficient (Wildman–Crippen LogP) is 8.15. The van der Waals surface area contributed by atoms with Crippen molar-refractivity contribution in [3.05, 3.63) is 147 Å². The molecule has 20 nitrogen and oxygen atoms in total. The third-order valence-corrected chi connectivity index (χ3v) is 15.9. The van der Waals surface area contributed by atoms with Gasteiger partial charge in [-0.15, -0.1) is 16.4 Å². The SMILES string of the molecule is C[C@@H]1C[C@@H]1N(C(=O)CCc1ccc(OCCCCN(C)CCOCCOCCc2cn(CCOCCOc3ccc(NC(=O)Nc4nc(CC(=O)N5CCN(C)CC5)cs4)cc3)nn2)cc1)C(C(=O)NCc1ccccc1)c1ccc(Br)cc1. The van der Waals surface area contributed by atoms with Gasteiger partial charge in [0.1, 0.15) is 24.1 Å². The van der Waals surface area contributed by atoms with Crippen LogP contribution in [0, 0.1) is 5.92 Å². The Balaban J connectivity index is 0.603. The van der Waals surface area contributed by atoms with Crippen LogP contribution in [0.3, 0.4) is 0 Å². The molecule has 1 aliphatic heterocycles. The van der Waals surface area contributed by atoms with Gasteiger partial charge in [-0.1, -0.05) is 82.7 Å². The van der Waals surface area contributed by atoms with Crippen molar-refractivity contribution in [1.29, 1.82) is 0 Å². The van der Waals surface area contributed by atoms with E-state index in [0.29, 0.717) is 126 Å². The first-order valence-corrected chi connectivity index (χ1v) is 30.7. The Morgan fingerprint density at radius 2 is 1.43 bits per heavy atom. The molecule has 450 valence electrons. The van der Waals surface area contributed by atoms with Crippen molar-refractivity contribution in [2.24, 2.45) is 5.92 Å². The largest absolute Gasteiger partial charge is 0.494 e. The number of likely N-dealkylation sites (N-methyl/N-ethyl adjacent to an activating group) is 2. The van der Waals surface area contributed by atoms with Crippen molar-refractivity contribution in [2.45, 2.75) is 77.0 Å². The second-order valence-corrected chi connectivity index (χ2v) is 23.0. The Morgan fingerprint density at radius 1 is 0.738 bits per heavy atom. The summed E-state index contributed by atoms with van der Waals surface area (Å²) in [7, 11) is 4.15. The lowest BCUT2D eigenvalue weighted by molar-refractivity contribution is -0.141. The van der Waals surface area contributed by atoms with E-state index in [0.717, 1.165) is 78.0 Å². The average Bonchev–Trinajstić information content (AvgIpc) is 3.98. The number of benzene rings is 4. The quantitative estimate of drug-likeness (QED) is 0.0321. The number of piperazine rings is 1. The van der Waals surface area contributed by atoms with Crippen LogP contribution in [0.15, 0.2) is 119 Å². The highest BCUT2D eigenvalue weighted by Crippen LogP contribution is 2.41. The third kappa shape index (κ3) is 21.4. The molecule has 5 amide bonds. The molecular formula is C62H80BrN11O9S. The number of carbonyl (C=O) groups is 4. The molecule has 1 unspecified atom stereocenters. The van der Waals surface area contributed by atoms with Crippen LogP contribution in [-0.2, 0) is 60.9 Å². The maximum absolute atomic E-state index is 14.1. The van der Waals surface area contributed by atoms with Gasteiger partial charge in [0.15, 0.2) is 5.13 Å². The topological polar surface area (TPSA) is 207 Å². The lowest BCUT2D eigenvalue weighted by Gasteiger charge is -2.32. The molecule has 1 saturated carbocycles. The first-order valence-electron chi connectivity index (χ1n) is 29.0. The highest BCUT2D eigenvalue weighted by atomic mass is 79.9. The van der Waals surface area contributed by atoms with Crippen LogP contribution in [0.25, 0.3) is 0 Å². The van der Waals surface area contributed by atoms with Gasteiger partial charge in [-0.25, -0.2) is 14.5 Å². The molecule has 0 bridgehead atoms. The van der Waals surface area contributed by atoms with Crippen LogP contribution in [0.1, 0.15) is 66.7 Å². The summed E-state index contributed by atoms with van der Waals surface area (Å²) in [6.45, 7) is 12.0. The number of urea groups is 1. The van der Waals surface area contributed by atoms with Crippen LogP contribution in [-0.4, -0.2) is 176 Å². The Morgan fingerprint density at radius 3 is 2.17 bits per heavy atom. The maximum Gasteiger partial charge on any atom is 0.325 e. The van der Waals surface area contributed by atoms with Gasteiger partial charge in [0, 0.05) is 79.9 Å². The van der Waals surface area contributed by atoms with Gasteiger partial charge in [-0.2, -0.15) is 0 Å². The fourth-order valence-electron chi connectivity index (χ4n) is 9.52. The van der Waals surface area contributed by atoms with Gasteiger partial charge in [0.05, 0.1) is 70.6 Å². The molecule has 8 rings (SSSR count). The monoisotopic (exact) mass is 1230 g/mol. The standard InChI is InChI=1S/C62H80BrN11O9S/c1-46-41-56(46)74(59(49-14-16-50(63)17-15-49)60(77)64-43-48-9-5-4-6-10-48)57(75)24-13-47-11-20-54(21-12-47)82-33-8-7-26-70(2)31-35-80-38-37-79-34-25-52-44-73(69-68-52)32-36-81-39-40-83-55-22-18-51(19-23-55)65-61(78)67-62-66-53(45-84-62)42-58(76)72-29-27-71(3)28-30-72/h4-6,9-12,14-23,44-46,56,59H,7-8,13,24-43H2,1-3H3,(H,64,77)(H2,65,66,67,78)/t46-,56+,59?/m1/s1. The molecule has 1 saturated heterocycles. The zero-order valence-corrected chi connectivity index (χ0v) is 50.9. The minimum absolute atomic E-state index is 0.0176. The first kappa shape index (κ1) is 63.2. The molecule has 2 aliphatic rings. The number of rotatable bonds is 35. The molecule has 2 fully saturated rings. The molecule has 3 atom stereocenters. The van der Waals surface area contributed by atoms with Crippen molar-refractivity contribution in [1.82, 2.24) is 44.9 Å². The number of hydrogen-bond acceptors (Lipinski definition) is 15. The third-order valence-electron chi connectivity index (χ3n) is 14.6. The van der Waals surface area contributed by atoms with Gasteiger partial charge in [-0.05, 0) is 117 Å². The average molecular weight is 1240 g/mol. The number of thiazole rings is 1. The van der Waals surface area contributed by atoms with E-state index in [9.17, 15) is 19.2 Å². The van der Waals surface area contributed by atoms with Crippen LogP contribution < -0.4 is 25.4 Å². The summed E-state index contributed by atoms with van der Waals surface area (Å²) in [6.07, 6.45) is 6.43. The van der Waals surface area contributed by atoms with Crippen molar-refractivity contribution in [2.75, 3.05) is 117 Å². The predicted molar refractivity (Wildman–Crippen MR) is 327 cm³/mol. The number of unbranched alkanes of at least 4 members (excludes halogenated alkanes) is 1. The molecule has 3 N–H and O–H groups in total. The van der Waals surface area contributed by atoms with E-state index in [1.54, 1.807) is 34.3 Å². The Labute approximate surface area is 505 Å². The number of ether oxygens (including phenoxy) is 5. The van der Waals surface area contributed by atoms with Crippen LogP contribution in [0.2, 0.25) is 0 Å². The molecule has 3 heterocycles. The van der Waals surface area contributed by atoms with E-state index in [2.05, 4.69) is 78.0 Å². The van der Waals surface area contributed by atoms with Crippen molar-refractivity contribution < 1.29 is 42.9 Å². The van der Waals surface area contributed by atoms with E-state index in [1.807, 2.05) is 94.9 Å². The number of carbonyl (C=O) groups excluding carboxylic acids is 4. The van der Waals surface area contributed by atoms with Gasteiger partial charge < -0.3 is 53.9 Å². The summed E-state index contributed by atoms with van der Waals surface area (Å²) in [5, 5.41) is 19.3. The summed E-state index contributed by atoms with van der Waals surface area (Å²) >= 11 is 4.80. The van der Waals surface area contributed by atoms with E-state index in [4.69, 9.17) is 23.7 Å². The molecule has 1 aliphatic carbocycles. The highest BCUT2D eigenvalue weighted by molar-refractivity contribution is 9.10. The smallest absolute Gasteiger partial charge is 0.325 e. The fourth-order valence-corrected chi connectivity index (χ4v) is 10.5. The summed E-state index contributed by atoms with van der Waals surface area (Å²) in [5.41, 5.74) is 4.93. The zero-order valence-electron chi connectivity index (χ0n) is 48.5. The van der Waals surface area contributed by atoms with Gasteiger partial charge in [0.25, 0.3) is 0 Å². The molecular weight excluding hydrogens is 1150 g/mol. The fraction of sp³-hybridized carbons (Fsp3) is 0.468. The zero-order chi connectivity index (χ0) is 58.9. The number of anilines is 2. The number of aromatic nitrogens is 4. The summed E-state index contributed by atoms with van der Waals surface area (Å²) in [5.74, 6) is 1.63. The minimum Gasteiger partial charge on any atom is -0.494 e. The van der Waals surface area contributed by atoms with Crippen LogP contribution in [0.5, 0.6) is 11.5 Å². The lowest BCUT2D eigenvalue weighted by atomic mass is 10.0. The number of amides is 5. The summed E-state index contributed by atoms with van der Waals surface area (Å²) in [4.78, 5) is 65.8. The van der Waals surface area contributed by atoms with Crippen LogP contribution in [0.4, 0.5) is 15.6 Å². The summed E-state index contributed by atoms with van der Waals surface area (Å²) in [6, 6.07) is 31.4. The normalized spacial score (nSPS) is 15.4. The molecule has 4 aromatic carbocycles. The highest BCUT2D eigenvalue weighted by Gasteiger charge is 2.46. The number of hydrogen-bond donors (Lipinski definition) is 3. The van der Waals surface area contributed by atoms with E-state index >= 15 is 0 Å². The van der Waals surface area contributed by atoms with Crippen molar-refractivity contribution in [3.8, 4) is 11.5 Å². The van der Waals surface area contributed by atoms with Crippen LogP contribution >= 0.6 is 27.3 Å². The van der Waals surface area contributed by atoms with E-state index in [-0.39, 0.29) is 30.2 Å². The Bertz CT molecular complexity index is 2950. The van der Waals surface area contributed by atoms with E-state index in [1.165, 1.54) is 11.3 Å². The van der Waals surface area contributed by atoms with Gasteiger partial charge in [-0.3, -0.25) is 19.7 Å². The first-order chi connectivity index (χ1) is 40.9. The molecule has 2 aromatic heterocycles. The number of nitrogens with one attached hydrogen (secondary N) is 3. The lowest BCUT2D eigenvalue weighted by Crippen LogP contribution is -2.47. The molecule has 6 aromatic rings. The number of nitrogens with zero attached hydrogens (tertiary/aromatic N) is 8. The number of halogens is 1. The number of aryl methyl sites for hydroxylation is 1. The Kier molecular flexibility index (Phi) is 25.3. The van der Waals surface area contributed by atoms with Gasteiger partial charge in [0.2, 0.25) is 17.7 Å². The maximum atomic E-state index is 14.1. The molecule has 84 heavy (non-hydrogen) atoms. The van der Waals surface area contributed by atoms with Crippen molar-refractivity contribution >= 4 is 61.8 Å². The minimum atomic E-state index is -0.723. The second kappa shape index (κ2) is 33.6. The molecule has 22 heteroatoms. The Hall–Kier alpha value is -6.79. The van der Waals surface area contributed by atoms with Crippen molar-refractivity contribution in [3.63, 3.8) is 0 Å².